The van der Waals surface area contributed by atoms with E-state index in [1.54, 1.807) is 36.4 Å². The SMILES string of the molecule is COc1cc(OC)c(OC)cc1/C=C/C(=O)CC(=O)/C=C/c1cc(OC)c(OC)cc1OC. The van der Waals surface area contributed by atoms with E-state index in [4.69, 9.17) is 28.4 Å². The summed E-state index contributed by atoms with van der Waals surface area (Å²) >= 11 is 0. The van der Waals surface area contributed by atoms with Gasteiger partial charge in [0.05, 0.1) is 49.1 Å². The summed E-state index contributed by atoms with van der Waals surface area (Å²) in [5.41, 5.74) is 1.23. The first-order valence-corrected chi connectivity index (χ1v) is 9.92. The average Bonchev–Trinajstić information content (AvgIpc) is 2.84. The van der Waals surface area contributed by atoms with Gasteiger partial charge in [-0.05, 0) is 36.4 Å². The Morgan fingerprint density at radius 3 is 1.15 bits per heavy atom. The number of benzene rings is 2. The lowest BCUT2D eigenvalue weighted by Gasteiger charge is -2.12. The van der Waals surface area contributed by atoms with Crippen LogP contribution in [-0.2, 0) is 9.59 Å². The van der Waals surface area contributed by atoms with Crippen LogP contribution in [0.15, 0.2) is 36.4 Å². The highest BCUT2D eigenvalue weighted by atomic mass is 16.5. The Morgan fingerprint density at radius 1 is 0.545 bits per heavy atom. The minimum absolute atomic E-state index is 0.293. The number of ether oxygens (including phenoxy) is 6. The summed E-state index contributed by atoms with van der Waals surface area (Å²) in [6.45, 7) is 0. The van der Waals surface area contributed by atoms with Crippen molar-refractivity contribution in [2.75, 3.05) is 42.7 Å². The highest BCUT2D eigenvalue weighted by Gasteiger charge is 2.12. The summed E-state index contributed by atoms with van der Waals surface area (Å²) in [5.74, 6) is 2.28. The van der Waals surface area contributed by atoms with Gasteiger partial charge >= 0.3 is 0 Å². The molecule has 0 radical (unpaired) electrons. The molecule has 2 aromatic rings. The first-order chi connectivity index (χ1) is 15.9. The van der Waals surface area contributed by atoms with Crippen LogP contribution in [0, 0.1) is 0 Å². The van der Waals surface area contributed by atoms with E-state index >= 15 is 0 Å². The zero-order chi connectivity index (χ0) is 24.4. The smallest absolute Gasteiger partial charge is 0.164 e. The average molecular weight is 456 g/mol. The van der Waals surface area contributed by atoms with Gasteiger partial charge in [0, 0.05) is 23.3 Å². The van der Waals surface area contributed by atoms with Crippen LogP contribution in [0.3, 0.4) is 0 Å². The van der Waals surface area contributed by atoms with Gasteiger partial charge in [-0.2, -0.15) is 0 Å². The summed E-state index contributed by atoms with van der Waals surface area (Å²) in [4.78, 5) is 24.6. The molecule has 0 bridgehead atoms. The minimum atomic E-state index is -0.360. The molecule has 0 heterocycles. The number of hydrogen-bond acceptors (Lipinski definition) is 8. The third-order valence-corrected chi connectivity index (χ3v) is 4.72. The van der Waals surface area contributed by atoms with Gasteiger partial charge in [-0.1, -0.05) is 0 Å². The largest absolute Gasteiger partial charge is 0.496 e. The number of carbonyl (C=O) groups excluding carboxylic acids is 2. The number of methoxy groups -OCH3 is 6. The number of rotatable bonds is 12. The molecule has 0 spiro atoms. The molecule has 0 aromatic heterocycles. The standard InChI is InChI=1S/C25H28O8/c1-28-20-14-24(32-5)22(30-3)11-16(20)7-9-18(26)13-19(27)10-8-17-12-23(31-4)25(33-6)15-21(17)29-2/h7-12,14-15H,13H2,1-6H3/b9-7+,10-8+. The number of ketones is 2. The van der Waals surface area contributed by atoms with E-state index in [9.17, 15) is 9.59 Å². The number of hydrogen-bond donors (Lipinski definition) is 0. The van der Waals surface area contributed by atoms with E-state index in [1.807, 2.05) is 0 Å². The third-order valence-electron chi connectivity index (χ3n) is 4.72. The van der Waals surface area contributed by atoms with E-state index < -0.39 is 0 Å². The molecule has 0 amide bonds. The van der Waals surface area contributed by atoms with Crippen LogP contribution in [0.5, 0.6) is 34.5 Å². The lowest BCUT2D eigenvalue weighted by molar-refractivity contribution is -0.121. The van der Waals surface area contributed by atoms with Crippen molar-refractivity contribution in [3.63, 3.8) is 0 Å². The second-order valence-corrected chi connectivity index (χ2v) is 6.67. The topological polar surface area (TPSA) is 89.5 Å². The Labute approximate surface area is 193 Å². The van der Waals surface area contributed by atoms with Gasteiger partial charge in [-0.15, -0.1) is 0 Å². The third kappa shape index (κ3) is 6.52. The van der Waals surface area contributed by atoms with Gasteiger partial charge in [-0.25, -0.2) is 0 Å². The van der Waals surface area contributed by atoms with Crippen LogP contribution < -0.4 is 28.4 Å². The molecule has 2 aromatic carbocycles. The summed E-state index contributed by atoms with van der Waals surface area (Å²) in [6, 6.07) is 6.69. The zero-order valence-electron chi connectivity index (χ0n) is 19.6. The first kappa shape index (κ1) is 25.3. The molecule has 0 aliphatic carbocycles. The van der Waals surface area contributed by atoms with Crippen LogP contribution in [0.4, 0.5) is 0 Å². The fraction of sp³-hybridized carbons (Fsp3) is 0.280. The van der Waals surface area contributed by atoms with Gasteiger partial charge in [0.1, 0.15) is 11.5 Å². The molecule has 8 heteroatoms. The van der Waals surface area contributed by atoms with Crippen molar-refractivity contribution in [1.29, 1.82) is 0 Å². The molecular weight excluding hydrogens is 428 g/mol. The van der Waals surface area contributed by atoms with Crippen LogP contribution >= 0.6 is 0 Å². The zero-order valence-corrected chi connectivity index (χ0v) is 19.6. The van der Waals surface area contributed by atoms with Crippen LogP contribution in [0.1, 0.15) is 17.5 Å². The molecule has 0 N–H and O–H groups in total. The van der Waals surface area contributed by atoms with Crippen molar-refractivity contribution in [2.24, 2.45) is 0 Å². The van der Waals surface area contributed by atoms with Crippen molar-refractivity contribution in [2.45, 2.75) is 6.42 Å². The van der Waals surface area contributed by atoms with Gasteiger partial charge in [-0.3, -0.25) is 9.59 Å². The molecule has 0 atom stereocenters. The molecule has 8 nitrogen and oxygen atoms in total. The molecule has 176 valence electrons. The van der Waals surface area contributed by atoms with Crippen LogP contribution in [-0.4, -0.2) is 54.2 Å². The molecule has 0 aliphatic rings. The molecule has 0 unspecified atom stereocenters. The predicted molar refractivity (Wildman–Crippen MR) is 125 cm³/mol. The van der Waals surface area contributed by atoms with E-state index in [0.29, 0.717) is 45.6 Å². The Bertz CT molecular complexity index is 969. The molecule has 33 heavy (non-hydrogen) atoms. The van der Waals surface area contributed by atoms with Crippen molar-refractivity contribution in [1.82, 2.24) is 0 Å². The molecule has 0 saturated heterocycles. The van der Waals surface area contributed by atoms with Gasteiger partial charge in [0.2, 0.25) is 0 Å². The lowest BCUT2D eigenvalue weighted by Crippen LogP contribution is -2.02. The highest BCUT2D eigenvalue weighted by molar-refractivity contribution is 6.11. The van der Waals surface area contributed by atoms with E-state index in [2.05, 4.69) is 0 Å². The summed E-state index contributed by atoms with van der Waals surface area (Å²) in [6.07, 6.45) is 5.49. The van der Waals surface area contributed by atoms with Crippen LogP contribution in [0.25, 0.3) is 12.2 Å². The van der Waals surface area contributed by atoms with E-state index in [-0.39, 0.29) is 18.0 Å². The van der Waals surface area contributed by atoms with Crippen molar-refractivity contribution in [3.05, 3.63) is 47.5 Å². The fourth-order valence-electron chi connectivity index (χ4n) is 3.02. The van der Waals surface area contributed by atoms with E-state index in [0.717, 1.165) is 0 Å². The highest BCUT2D eigenvalue weighted by Crippen LogP contribution is 2.36. The first-order valence-electron chi connectivity index (χ1n) is 9.92. The normalized spacial score (nSPS) is 10.8. The predicted octanol–water partition coefficient (Wildman–Crippen LogP) is 3.99. The maximum atomic E-state index is 12.3. The van der Waals surface area contributed by atoms with Crippen LogP contribution in [0.2, 0.25) is 0 Å². The molecule has 0 fully saturated rings. The minimum Gasteiger partial charge on any atom is -0.496 e. The summed E-state index contributed by atoms with van der Waals surface area (Å²) < 4.78 is 31.7. The molecule has 0 saturated carbocycles. The quantitative estimate of drug-likeness (QED) is 0.350. The van der Waals surface area contributed by atoms with Crippen molar-refractivity contribution < 1.29 is 38.0 Å². The van der Waals surface area contributed by atoms with Gasteiger partial charge < -0.3 is 28.4 Å². The number of carbonyl (C=O) groups is 2. The molecular formula is C25H28O8. The van der Waals surface area contributed by atoms with Crippen molar-refractivity contribution in [3.8, 4) is 34.5 Å². The number of allylic oxidation sites excluding steroid dienone is 2. The van der Waals surface area contributed by atoms with E-state index in [1.165, 1.54) is 54.8 Å². The molecule has 2 rings (SSSR count). The second kappa shape index (κ2) is 12.2. The van der Waals surface area contributed by atoms with Gasteiger partial charge in [0.15, 0.2) is 34.6 Å². The monoisotopic (exact) mass is 456 g/mol. The van der Waals surface area contributed by atoms with Gasteiger partial charge in [0.25, 0.3) is 0 Å². The second-order valence-electron chi connectivity index (χ2n) is 6.67. The Morgan fingerprint density at radius 2 is 0.848 bits per heavy atom. The Balaban J connectivity index is 2.14. The maximum Gasteiger partial charge on any atom is 0.164 e. The Hall–Kier alpha value is -3.94. The summed E-state index contributed by atoms with van der Waals surface area (Å²) in [7, 11) is 9.09. The van der Waals surface area contributed by atoms with Crippen molar-refractivity contribution >= 4 is 23.7 Å². The fourth-order valence-corrected chi connectivity index (χ4v) is 3.02. The maximum absolute atomic E-state index is 12.3. The summed E-state index contributed by atoms with van der Waals surface area (Å²) in [5, 5.41) is 0. The Kier molecular flexibility index (Phi) is 9.35. The lowest BCUT2D eigenvalue weighted by atomic mass is 10.1. The molecule has 0 aliphatic heterocycles.